The fourth-order valence-electron chi connectivity index (χ4n) is 8.06. The first-order valence-corrected chi connectivity index (χ1v) is 14.6. The third-order valence-corrected chi connectivity index (χ3v) is 9.65. The van der Waals surface area contributed by atoms with Crippen LogP contribution in [0.2, 0.25) is 0 Å². The van der Waals surface area contributed by atoms with E-state index >= 15 is 0 Å². The van der Waals surface area contributed by atoms with Crippen LogP contribution < -0.4 is 5.32 Å². The smallest absolute Gasteiger partial charge is 0.0425 e. The molecule has 2 fully saturated rings. The highest BCUT2D eigenvalue weighted by atomic mass is 14.9. The molecule has 5 aromatic carbocycles. The van der Waals surface area contributed by atoms with Crippen LogP contribution in [0.15, 0.2) is 121 Å². The summed E-state index contributed by atoms with van der Waals surface area (Å²) in [7, 11) is 0. The van der Waals surface area contributed by atoms with E-state index in [1.54, 1.807) is 11.1 Å². The quantitative estimate of drug-likeness (QED) is 0.257. The van der Waals surface area contributed by atoms with Gasteiger partial charge in [0.2, 0.25) is 0 Å². The average Bonchev–Trinajstić information content (AvgIpc) is 3.31. The molecule has 4 atom stereocenters. The van der Waals surface area contributed by atoms with Gasteiger partial charge in [0, 0.05) is 11.4 Å². The molecule has 1 heteroatoms. The fourth-order valence-corrected chi connectivity index (χ4v) is 8.06. The van der Waals surface area contributed by atoms with Crippen molar-refractivity contribution in [2.45, 2.75) is 37.5 Å². The third kappa shape index (κ3) is 3.91. The van der Waals surface area contributed by atoms with Crippen molar-refractivity contribution < 1.29 is 0 Å². The number of hydrogen-bond acceptors (Lipinski definition) is 1. The van der Waals surface area contributed by atoms with Crippen molar-refractivity contribution in [1.29, 1.82) is 0 Å². The van der Waals surface area contributed by atoms with Gasteiger partial charge in [0.1, 0.15) is 0 Å². The molecule has 0 heterocycles. The molecule has 0 aromatic heterocycles. The molecule has 0 amide bonds. The Morgan fingerprint density at radius 3 is 1.95 bits per heavy atom. The normalized spacial score (nSPS) is 22.5. The summed E-state index contributed by atoms with van der Waals surface area (Å²) in [4.78, 5) is 0. The SMILES string of the molecule is c1ccc(-c2ccccc2-c2ccc(Nc3cccc4c3C3CC5CC(CC3C5)c3ccccc3-4)cc2)cc1. The molecular formula is C38H33N. The molecule has 4 unspecified atom stereocenters. The number of hydrogen-bond donors (Lipinski definition) is 1. The first-order valence-electron chi connectivity index (χ1n) is 14.6. The largest absolute Gasteiger partial charge is 0.355 e. The minimum absolute atomic E-state index is 0.657. The maximum atomic E-state index is 3.88. The zero-order chi connectivity index (χ0) is 25.8. The van der Waals surface area contributed by atoms with Crippen molar-refractivity contribution in [2.24, 2.45) is 11.8 Å². The van der Waals surface area contributed by atoms with Crippen LogP contribution in [0.1, 0.15) is 48.6 Å². The van der Waals surface area contributed by atoms with Crippen LogP contribution in [0.5, 0.6) is 0 Å². The lowest BCUT2D eigenvalue weighted by Crippen LogP contribution is -2.19. The standard InChI is InChI=1S/C38H33N/c1-2-9-26(10-3-1)31-11-4-5-12-32(31)27-17-19-30(20-18-27)39-37-16-8-15-35-34-14-7-6-13-33(34)28-21-25-22-29(24-28)36(23-25)38(35)37/h1-20,25,28-29,36,39H,21-24H2. The number of nitrogens with one attached hydrogen (secondary N) is 1. The highest BCUT2D eigenvalue weighted by Crippen LogP contribution is 2.60. The Morgan fingerprint density at radius 1 is 0.487 bits per heavy atom. The second-order valence-corrected chi connectivity index (χ2v) is 11.8. The van der Waals surface area contributed by atoms with Gasteiger partial charge in [0.15, 0.2) is 0 Å². The van der Waals surface area contributed by atoms with Gasteiger partial charge in [-0.25, -0.2) is 0 Å². The Hall–Kier alpha value is -4.10. The summed E-state index contributed by atoms with van der Waals surface area (Å²) in [5.41, 5.74) is 13.5. The van der Waals surface area contributed by atoms with Crippen molar-refractivity contribution in [3.8, 4) is 33.4 Å². The predicted octanol–water partition coefficient (Wildman–Crippen LogP) is 10.4. The maximum absolute atomic E-state index is 3.88. The zero-order valence-electron chi connectivity index (χ0n) is 22.2. The van der Waals surface area contributed by atoms with Gasteiger partial charge in [-0.2, -0.15) is 0 Å². The van der Waals surface area contributed by atoms with Crippen molar-refractivity contribution in [3.63, 3.8) is 0 Å². The molecule has 0 radical (unpaired) electrons. The topological polar surface area (TPSA) is 12.0 Å². The van der Waals surface area contributed by atoms with E-state index in [-0.39, 0.29) is 0 Å². The molecule has 39 heavy (non-hydrogen) atoms. The Morgan fingerprint density at radius 2 is 1.15 bits per heavy atom. The van der Waals surface area contributed by atoms with Gasteiger partial charge in [-0.3, -0.25) is 0 Å². The number of benzene rings is 5. The molecule has 0 spiro atoms. The molecule has 8 rings (SSSR count). The van der Waals surface area contributed by atoms with Crippen LogP contribution in [0.4, 0.5) is 11.4 Å². The Kier molecular flexibility index (Phi) is 5.43. The van der Waals surface area contributed by atoms with E-state index in [1.165, 1.54) is 64.8 Å². The summed E-state index contributed by atoms with van der Waals surface area (Å²) in [6.45, 7) is 0. The van der Waals surface area contributed by atoms with Crippen LogP contribution in [0.25, 0.3) is 33.4 Å². The van der Waals surface area contributed by atoms with E-state index in [0.29, 0.717) is 5.92 Å². The van der Waals surface area contributed by atoms with Crippen LogP contribution in [-0.2, 0) is 0 Å². The van der Waals surface area contributed by atoms with Crippen LogP contribution in [-0.4, -0.2) is 0 Å². The zero-order valence-corrected chi connectivity index (χ0v) is 22.2. The first-order chi connectivity index (χ1) is 19.3. The molecule has 3 aliphatic rings. The Labute approximate surface area is 231 Å². The van der Waals surface area contributed by atoms with Gasteiger partial charge in [-0.1, -0.05) is 103 Å². The summed E-state index contributed by atoms with van der Waals surface area (Å²) in [6.07, 6.45) is 5.47. The van der Waals surface area contributed by atoms with E-state index < -0.39 is 0 Å². The molecule has 1 nitrogen and oxygen atoms in total. The third-order valence-electron chi connectivity index (χ3n) is 9.65. The monoisotopic (exact) mass is 503 g/mol. The Balaban J connectivity index is 1.17. The van der Waals surface area contributed by atoms with E-state index in [0.717, 1.165) is 23.4 Å². The van der Waals surface area contributed by atoms with Crippen LogP contribution in [0.3, 0.4) is 0 Å². The molecule has 190 valence electrons. The first kappa shape index (κ1) is 22.8. The van der Waals surface area contributed by atoms with Crippen molar-refractivity contribution in [2.75, 3.05) is 5.32 Å². The second-order valence-electron chi connectivity index (χ2n) is 11.8. The number of rotatable bonds is 4. The van der Waals surface area contributed by atoms with Gasteiger partial charge in [0.05, 0.1) is 0 Å². The Bertz CT molecular complexity index is 1650. The maximum Gasteiger partial charge on any atom is 0.0425 e. The van der Waals surface area contributed by atoms with Gasteiger partial charge in [-0.05, 0) is 112 Å². The molecule has 1 N–H and O–H groups in total. The lowest BCUT2D eigenvalue weighted by molar-refractivity contribution is 0.312. The van der Waals surface area contributed by atoms with Crippen LogP contribution in [0, 0.1) is 11.8 Å². The lowest BCUT2D eigenvalue weighted by Gasteiger charge is -2.34. The molecule has 3 aliphatic carbocycles. The minimum atomic E-state index is 0.657. The molecule has 0 aliphatic heterocycles. The summed E-state index contributed by atoms with van der Waals surface area (Å²) in [5, 5.41) is 3.88. The molecule has 3 bridgehead atoms. The highest BCUT2D eigenvalue weighted by Gasteiger charge is 2.45. The van der Waals surface area contributed by atoms with Gasteiger partial charge in [-0.15, -0.1) is 0 Å². The minimum Gasteiger partial charge on any atom is -0.355 e. The van der Waals surface area contributed by atoms with Crippen molar-refractivity contribution >= 4 is 11.4 Å². The number of fused-ring (bicyclic) bond motifs is 7. The van der Waals surface area contributed by atoms with Crippen molar-refractivity contribution in [3.05, 3.63) is 132 Å². The molecular weight excluding hydrogens is 470 g/mol. The summed E-state index contributed by atoms with van der Waals surface area (Å²) in [6, 6.07) is 44.6. The summed E-state index contributed by atoms with van der Waals surface area (Å²) >= 11 is 0. The fraction of sp³-hybridized carbons (Fsp3) is 0.211. The lowest BCUT2D eigenvalue weighted by atomic mass is 9.71. The molecule has 0 saturated heterocycles. The molecule has 2 saturated carbocycles. The van der Waals surface area contributed by atoms with Gasteiger partial charge >= 0.3 is 0 Å². The summed E-state index contributed by atoms with van der Waals surface area (Å²) < 4.78 is 0. The van der Waals surface area contributed by atoms with E-state index in [4.69, 9.17) is 0 Å². The average molecular weight is 504 g/mol. The molecule has 5 aromatic rings. The van der Waals surface area contributed by atoms with Crippen LogP contribution >= 0.6 is 0 Å². The summed E-state index contributed by atoms with van der Waals surface area (Å²) in [5.74, 6) is 3.06. The van der Waals surface area contributed by atoms with Gasteiger partial charge < -0.3 is 5.32 Å². The van der Waals surface area contributed by atoms with E-state index in [2.05, 4.69) is 127 Å². The second kappa shape index (κ2) is 9.27. The highest BCUT2D eigenvalue weighted by molar-refractivity contribution is 5.85. The van der Waals surface area contributed by atoms with E-state index in [1.807, 2.05) is 0 Å². The predicted molar refractivity (Wildman–Crippen MR) is 163 cm³/mol. The number of anilines is 2. The van der Waals surface area contributed by atoms with E-state index in [9.17, 15) is 0 Å². The van der Waals surface area contributed by atoms with Crippen molar-refractivity contribution in [1.82, 2.24) is 0 Å². The van der Waals surface area contributed by atoms with Gasteiger partial charge in [0.25, 0.3) is 0 Å².